The van der Waals surface area contributed by atoms with Gasteiger partial charge in [0.2, 0.25) is 0 Å². The van der Waals surface area contributed by atoms with Crippen LogP contribution in [-0.4, -0.2) is 6.54 Å². The summed E-state index contributed by atoms with van der Waals surface area (Å²) in [4.78, 5) is 2.93. The summed E-state index contributed by atoms with van der Waals surface area (Å²) in [7, 11) is 0. The molecule has 1 aromatic rings. The molecule has 0 fully saturated rings. The lowest BCUT2D eigenvalue weighted by Gasteiger charge is -1.99. The first-order valence-electron chi connectivity index (χ1n) is 5.26. The Hall–Kier alpha value is -0.600. The minimum absolute atomic E-state index is 1.02. The van der Waals surface area contributed by atoms with Crippen molar-refractivity contribution in [1.82, 2.24) is 5.32 Å². The summed E-state index contributed by atoms with van der Waals surface area (Å²) in [6.07, 6.45) is 6.58. The van der Waals surface area contributed by atoms with Crippen molar-refractivity contribution in [3.05, 3.63) is 34.0 Å². The van der Waals surface area contributed by atoms with E-state index in [2.05, 4.69) is 43.4 Å². The van der Waals surface area contributed by atoms with Gasteiger partial charge in [-0.05, 0) is 38.4 Å². The van der Waals surface area contributed by atoms with Crippen LogP contribution in [0.5, 0.6) is 0 Å². The molecule has 0 saturated carbocycles. The number of rotatable bonds is 6. The summed E-state index contributed by atoms with van der Waals surface area (Å²) < 4.78 is 0. The third-order valence-corrected chi connectivity index (χ3v) is 3.32. The van der Waals surface area contributed by atoms with Gasteiger partial charge in [0, 0.05) is 16.3 Å². The van der Waals surface area contributed by atoms with Gasteiger partial charge < -0.3 is 5.32 Å². The Bertz CT molecular complexity index is 276. The van der Waals surface area contributed by atoms with Gasteiger partial charge in [0.1, 0.15) is 0 Å². The van der Waals surface area contributed by atoms with E-state index in [-0.39, 0.29) is 0 Å². The lowest BCUT2D eigenvalue weighted by atomic mass is 10.3. The molecule has 78 valence electrons. The molecule has 0 unspecified atom stereocenters. The number of hydrogen-bond acceptors (Lipinski definition) is 2. The summed E-state index contributed by atoms with van der Waals surface area (Å²) in [5.74, 6) is 0. The molecule has 1 aromatic heterocycles. The van der Waals surface area contributed by atoms with E-state index in [0.29, 0.717) is 0 Å². The first-order valence-corrected chi connectivity index (χ1v) is 6.08. The standard InChI is InChI=1S/C12H19NS/c1-3-5-6-9-13-10-12-8-7-11(4-2)14-12/h3,5,7-8,13H,4,6,9-10H2,1-2H3/b5-3+. The molecule has 0 saturated heterocycles. The first kappa shape index (κ1) is 11.5. The molecular weight excluding hydrogens is 190 g/mol. The van der Waals surface area contributed by atoms with Crippen molar-refractivity contribution in [2.24, 2.45) is 0 Å². The van der Waals surface area contributed by atoms with Crippen LogP contribution in [0, 0.1) is 0 Å². The first-order chi connectivity index (χ1) is 6.86. The van der Waals surface area contributed by atoms with E-state index in [4.69, 9.17) is 0 Å². The number of hydrogen-bond donors (Lipinski definition) is 1. The van der Waals surface area contributed by atoms with Crippen LogP contribution in [0.25, 0.3) is 0 Å². The monoisotopic (exact) mass is 209 g/mol. The molecule has 14 heavy (non-hydrogen) atoms. The number of aryl methyl sites for hydroxylation is 1. The highest BCUT2D eigenvalue weighted by molar-refractivity contribution is 7.11. The maximum atomic E-state index is 3.43. The lowest BCUT2D eigenvalue weighted by molar-refractivity contribution is 0.702. The fourth-order valence-electron chi connectivity index (χ4n) is 1.27. The van der Waals surface area contributed by atoms with Gasteiger partial charge in [0.05, 0.1) is 0 Å². The normalized spacial score (nSPS) is 11.3. The Balaban J connectivity index is 2.18. The maximum Gasteiger partial charge on any atom is 0.0299 e. The summed E-state index contributed by atoms with van der Waals surface area (Å²) >= 11 is 1.92. The van der Waals surface area contributed by atoms with E-state index >= 15 is 0 Å². The molecule has 0 aliphatic carbocycles. The third-order valence-electron chi connectivity index (χ3n) is 2.09. The van der Waals surface area contributed by atoms with Gasteiger partial charge in [-0.25, -0.2) is 0 Å². The molecule has 0 amide bonds. The molecule has 0 radical (unpaired) electrons. The van der Waals surface area contributed by atoms with Gasteiger partial charge >= 0.3 is 0 Å². The number of allylic oxidation sites excluding steroid dienone is 1. The fourth-order valence-corrected chi connectivity index (χ4v) is 2.20. The molecule has 1 nitrogen and oxygen atoms in total. The van der Waals surface area contributed by atoms with Crippen LogP contribution in [0.3, 0.4) is 0 Å². The zero-order valence-electron chi connectivity index (χ0n) is 9.05. The van der Waals surface area contributed by atoms with E-state index in [0.717, 1.165) is 25.9 Å². The third kappa shape index (κ3) is 4.07. The van der Waals surface area contributed by atoms with Crippen LogP contribution in [0.15, 0.2) is 24.3 Å². The van der Waals surface area contributed by atoms with Crippen molar-refractivity contribution < 1.29 is 0 Å². The summed E-state index contributed by atoms with van der Waals surface area (Å²) in [5.41, 5.74) is 0. The Morgan fingerprint density at radius 2 is 2.14 bits per heavy atom. The average Bonchev–Trinajstić information content (AvgIpc) is 2.65. The largest absolute Gasteiger partial charge is 0.312 e. The highest BCUT2D eigenvalue weighted by Gasteiger charge is 1.96. The van der Waals surface area contributed by atoms with Gasteiger partial charge in [0.25, 0.3) is 0 Å². The van der Waals surface area contributed by atoms with E-state index in [1.54, 1.807) is 0 Å². The molecule has 0 aliphatic heterocycles. The van der Waals surface area contributed by atoms with Gasteiger partial charge in [0.15, 0.2) is 0 Å². The zero-order chi connectivity index (χ0) is 10.2. The zero-order valence-corrected chi connectivity index (χ0v) is 9.86. The van der Waals surface area contributed by atoms with Crippen molar-refractivity contribution >= 4 is 11.3 Å². The van der Waals surface area contributed by atoms with Crippen LogP contribution in [0.2, 0.25) is 0 Å². The number of nitrogens with one attached hydrogen (secondary N) is 1. The van der Waals surface area contributed by atoms with Crippen molar-refractivity contribution in [3.8, 4) is 0 Å². The van der Waals surface area contributed by atoms with E-state index in [9.17, 15) is 0 Å². The molecule has 0 atom stereocenters. The fraction of sp³-hybridized carbons (Fsp3) is 0.500. The predicted molar refractivity (Wildman–Crippen MR) is 64.8 cm³/mol. The Morgan fingerprint density at radius 1 is 1.36 bits per heavy atom. The van der Waals surface area contributed by atoms with E-state index < -0.39 is 0 Å². The molecule has 1 heterocycles. The Morgan fingerprint density at radius 3 is 2.79 bits per heavy atom. The molecule has 2 heteroatoms. The second kappa shape index (κ2) is 6.80. The molecular formula is C12H19NS. The molecule has 1 rings (SSSR count). The van der Waals surface area contributed by atoms with Crippen molar-refractivity contribution in [1.29, 1.82) is 0 Å². The quantitative estimate of drug-likeness (QED) is 0.559. The molecule has 0 aliphatic rings. The van der Waals surface area contributed by atoms with Gasteiger partial charge in [-0.15, -0.1) is 11.3 Å². The summed E-state index contributed by atoms with van der Waals surface area (Å²) in [5, 5.41) is 3.43. The van der Waals surface area contributed by atoms with Gasteiger partial charge in [-0.1, -0.05) is 19.1 Å². The molecule has 0 aromatic carbocycles. The van der Waals surface area contributed by atoms with Crippen LogP contribution in [-0.2, 0) is 13.0 Å². The topological polar surface area (TPSA) is 12.0 Å². The van der Waals surface area contributed by atoms with E-state index in [1.807, 2.05) is 11.3 Å². The lowest BCUT2D eigenvalue weighted by Crippen LogP contribution is -2.12. The summed E-state index contributed by atoms with van der Waals surface area (Å²) in [6, 6.07) is 4.46. The molecule has 0 bridgehead atoms. The summed E-state index contributed by atoms with van der Waals surface area (Å²) in [6.45, 7) is 6.35. The minimum Gasteiger partial charge on any atom is -0.312 e. The van der Waals surface area contributed by atoms with Gasteiger partial charge in [-0.3, -0.25) is 0 Å². The van der Waals surface area contributed by atoms with Crippen molar-refractivity contribution in [3.63, 3.8) is 0 Å². The molecule has 0 spiro atoms. The van der Waals surface area contributed by atoms with Crippen LogP contribution in [0.1, 0.15) is 30.0 Å². The number of thiophene rings is 1. The van der Waals surface area contributed by atoms with Crippen molar-refractivity contribution in [2.45, 2.75) is 33.2 Å². The van der Waals surface area contributed by atoms with E-state index in [1.165, 1.54) is 9.75 Å². The van der Waals surface area contributed by atoms with Crippen LogP contribution >= 0.6 is 11.3 Å². The van der Waals surface area contributed by atoms with Crippen molar-refractivity contribution in [2.75, 3.05) is 6.54 Å². The SMILES string of the molecule is C/C=C/CCNCc1ccc(CC)s1. The smallest absolute Gasteiger partial charge is 0.0299 e. The van der Waals surface area contributed by atoms with Gasteiger partial charge in [-0.2, -0.15) is 0 Å². The van der Waals surface area contributed by atoms with Crippen LogP contribution in [0.4, 0.5) is 0 Å². The minimum atomic E-state index is 1.02. The average molecular weight is 209 g/mol. The second-order valence-electron chi connectivity index (χ2n) is 3.26. The Labute approximate surface area is 90.9 Å². The Kier molecular flexibility index (Phi) is 5.57. The van der Waals surface area contributed by atoms with Crippen LogP contribution < -0.4 is 5.32 Å². The predicted octanol–water partition coefficient (Wildman–Crippen LogP) is 3.37. The highest BCUT2D eigenvalue weighted by atomic mass is 32.1. The highest BCUT2D eigenvalue weighted by Crippen LogP contribution is 2.16. The second-order valence-corrected chi connectivity index (χ2v) is 4.51. The molecule has 1 N–H and O–H groups in total. The maximum absolute atomic E-state index is 3.43.